The van der Waals surface area contributed by atoms with Crippen LogP contribution in [-0.2, 0) is 14.8 Å². The zero-order chi connectivity index (χ0) is 27.1. The average molecular weight is 545 g/mol. The summed E-state index contributed by atoms with van der Waals surface area (Å²) in [5.74, 6) is 0.828. The van der Waals surface area contributed by atoms with Gasteiger partial charge in [0.05, 0.1) is 24.6 Å². The molecule has 3 atom stereocenters. The van der Waals surface area contributed by atoms with Crippen molar-refractivity contribution in [3.63, 3.8) is 0 Å². The summed E-state index contributed by atoms with van der Waals surface area (Å²) in [7, 11) is -2.20. The normalized spacial score (nSPS) is 20.4. The van der Waals surface area contributed by atoms with E-state index in [1.54, 1.807) is 54.5 Å². The smallest absolute Gasteiger partial charge is 0.241 e. The molecule has 2 bridgehead atoms. The quantitative estimate of drug-likeness (QED) is 0.353. The van der Waals surface area contributed by atoms with Crippen LogP contribution in [0.25, 0.3) is 16.8 Å². The number of benzene rings is 3. The standard InChI is InChI=1S/C29H28N4O5S/c1-3-33(22-10-14-24(37-2)15-11-22)39(35,36)26-16-25-27(19-6-12-23(34)13-7-19)28(29(26)38-25)20-4-8-21(9-5-20)32-18-30-17-31-32/h4-15,17-18,25-26,29,34H,3,16H2,1-2H3. The summed E-state index contributed by atoms with van der Waals surface area (Å²) < 4.78 is 43.0. The van der Waals surface area contributed by atoms with Crippen molar-refractivity contribution < 1.29 is 23.0 Å². The Kier molecular flexibility index (Phi) is 6.36. The van der Waals surface area contributed by atoms with Crippen LogP contribution in [0.5, 0.6) is 11.5 Å². The molecule has 1 aromatic heterocycles. The number of nitrogens with zero attached hydrogens (tertiary/aromatic N) is 4. The van der Waals surface area contributed by atoms with E-state index in [-0.39, 0.29) is 11.9 Å². The molecule has 0 spiro atoms. The van der Waals surface area contributed by atoms with E-state index in [4.69, 9.17) is 9.47 Å². The Bertz CT molecular complexity index is 1600. The van der Waals surface area contributed by atoms with Gasteiger partial charge in [-0.05, 0) is 84.1 Å². The number of fused-ring (bicyclic) bond motifs is 2. The van der Waals surface area contributed by atoms with E-state index in [2.05, 4.69) is 10.1 Å². The maximum atomic E-state index is 14.1. The zero-order valence-corrected chi connectivity index (χ0v) is 22.3. The number of phenols is 1. The van der Waals surface area contributed by atoms with Gasteiger partial charge in [0, 0.05) is 6.54 Å². The van der Waals surface area contributed by atoms with Gasteiger partial charge in [0.2, 0.25) is 10.0 Å². The molecule has 2 aliphatic rings. The Hall–Kier alpha value is -4.15. The van der Waals surface area contributed by atoms with Gasteiger partial charge >= 0.3 is 0 Å². The highest BCUT2D eigenvalue weighted by atomic mass is 32.2. The highest BCUT2D eigenvalue weighted by molar-refractivity contribution is 7.93. The Balaban J connectivity index is 1.41. The van der Waals surface area contributed by atoms with Crippen molar-refractivity contribution in [2.45, 2.75) is 30.8 Å². The van der Waals surface area contributed by atoms with Crippen molar-refractivity contribution >= 4 is 26.9 Å². The average Bonchev–Trinajstić information content (AvgIpc) is 3.72. The minimum Gasteiger partial charge on any atom is -0.508 e. The molecule has 6 rings (SSSR count). The fourth-order valence-electron chi connectivity index (χ4n) is 5.56. The summed E-state index contributed by atoms with van der Waals surface area (Å²) in [6.07, 6.45) is 2.40. The van der Waals surface area contributed by atoms with Crippen LogP contribution in [0, 0.1) is 0 Å². The third-order valence-corrected chi connectivity index (χ3v) is 9.66. The second-order valence-corrected chi connectivity index (χ2v) is 11.6. The molecule has 3 unspecified atom stereocenters. The molecular formula is C29H28N4O5S. The number of methoxy groups -OCH3 is 1. The molecule has 0 radical (unpaired) electrons. The van der Waals surface area contributed by atoms with E-state index in [1.165, 1.54) is 10.6 Å². The van der Waals surface area contributed by atoms with Gasteiger partial charge in [-0.3, -0.25) is 4.31 Å². The summed E-state index contributed by atoms with van der Waals surface area (Å²) in [4.78, 5) is 4.01. The number of rotatable bonds is 8. The fourth-order valence-corrected chi connectivity index (χ4v) is 7.59. The maximum Gasteiger partial charge on any atom is 0.241 e. The van der Waals surface area contributed by atoms with Gasteiger partial charge in [0.15, 0.2) is 0 Å². The first-order valence-corrected chi connectivity index (χ1v) is 14.2. The number of sulfonamides is 1. The number of hydrogen-bond acceptors (Lipinski definition) is 7. The summed E-state index contributed by atoms with van der Waals surface area (Å²) >= 11 is 0. The van der Waals surface area contributed by atoms with Crippen LogP contribution >= 0.6 is 0 Å². The van der Waals surface area contributed by atoms with Gasteiger partial charge in [-0.25, -0.2) is 18.1 Å². The molecule has 4 aromatic rings. The minimum absolute atomic E-state index is 0.167. The molecule has 1 fully saturated rings. The van der Waals surface area contributed by atoms with Crippen LogP contribution in [0.3, 0.4) is 0 Å². The van der Waals surface area contributed by atoms with E-state index in [1.807, 2.05) is 43.3 Å². The SMILES string of the molecule is CCN(c1ccc(OC)cc1)S(=O)(=O)C1CC2OC1C(c1ccc(-n3cncn3)cc1)=C2c1ccc(O)cc1. The molecular weight excluding hydrogens is 516 g/mol. The molecule has 10 heteroatoms. The first-order chi connectivity index (χ1) is 18.9. The molecule has 1 saturated heterocycles. The number of anilines is 1. The van der Waals surface area contributed by atoms with Crippen LogP contribution in [0.2, 0.25) is 0 Å². The first-order valence-electron chi connectivity index (χ1n) is 12.7. The highest BCUT2D eigenvalue weighted by Gasteiger charge is 2.54. The molecule has 0 saturated carbocycles. The fraction of sp³-hybridized carbons (Fsp3) is 0.241. The van der Waals surface area contributed by atoms with E-state index >= 15 is 0 Å². The van der Waals surface area contributed by atoms with Gasteiger partial charge in [0.1, 0.15) is 35.5 Å². The van der Waals surface area contributed by atoms with Crippen molar-refractivity contribution in [3.8, 4) is 17.2 Å². The Morgan fingerprint density at radius 2 is 1.67 bits per heavy atom. The second kappa shape index (κ2) is 9.87. The van der Waals surface area contributed by atoms with Crippen molar-refractivity contribution in [3.05, 3.63) is 96.6 Å². The van der Waals surface area contributed by atoms with E-state index in [9.17, 15) is 13.5 Å². The van der Waals surface area contributed by atoms with Crippen LogP contribution in [0.15, 0.2) is 85.5 Å². The van der Waals surface area contributed by atoms with Gasteiger partial charge < -0.3 is 14.6 Å². The zero-order valence-electron chi connectivity index (χ0n) is 21.5. The number of hydrogen-bond donors (Lipinski definition) is 1. The first kappa shape index (κ1) is 25.1. The molecule has 0 amide bonds. The molecule has 3 aromatic carbocycles. The van der Waals surface area contributed by atoms with E-state index in [0.717, 1.165) is 28.0 Å². The summed E-state index contributed by atoms with van der Waals surface area (Å²) in [5.41, 5.74) is 5.00. The van der Waals surface area contributed by atoms with Crippen LogP contribution in [0.4, 0.5) is 5.69 Å². The predicted molar refractivity (Wildman–Crippen MR) is 148 cm³/mol. The largest absolute Gasteiger partial charge is 0.508 e. The lowest BCUT2D eigenvalue weighted by molar-refractivity contribution is 0.128. The van der Waals surface area contributed by atoms with Gasteiger partial charge in [-0.15, -0.1) is 0 Å². The van der Waals surface area contributed by atoms with Crippen molar-refractivity contribution in [2.24, 2.45) is 0 Å². The van der Waals surface area contributed by atoms with E-state index in [0.29, 0.717) is 24.4 Å². The predicted octanol–water partition coefficient (Wildman–Crippen LogP) is 4.29. The summed E-state index contributed by atoms with van der Waals surface area (Å²) in [5, 5.41) is 13.3. The molecule has 200 valence electrons. The molecule has 2 aliphatic heterocycles. The van der Waals surface area contributed by atoms with E-state index < -0.39 is 21.4 Å². The Morgan fingerprint density at radius 1 is 1.00 bits per heavy atom. The number of phenolic OH excluding ortho intramolecular Hbond substituents is 1. The van der Waals surface area contributed by atoms with Crippen LogP contribution in [0.1, 0.15) is 24.5 Å². The lowest BCUT2D eigenvalue weighted by Gasteiger charge is -2.31. The summed E-state index contributed by atoms with van der Waals surface area (Å²) in [6, 6.07) is 21.8. The summed E-state index contributed by atoms with van der Waals surface area (Å²) in [6.45, 7) is 2.12. The Labute approximate surface area is 227 Å². The third-order valence-electron chi connectivity index (χ3n) is 7.37. The lowest BCUT2D eigenvalue weighted by Crippen LogP contribution is -2.43. The lowest BCUT2D eigenvalue weighted by atomic mass is 9.83. The van der Waals surface area contributed by atoms with Crippen molar-refractivity contribution in [2.75, 3.05) is 18.0 Å². The van der Waals surface area contributed by atoms with Crippen molar-refractivity contribution in [1.82, 2.24) is 14.8 Å². The number of aromatic hydroxyl groups is 1. The topological polar surface area (TPSA) is 107 Å². The Morgan fingerprint density at radius 3 is 2.28 bits per heavy atom. The highest BCUT2D eigenvalue weighted by Crippen LogP contribution is 2.51. The molecule has 9 nitrogen and oxygen atoms in total. The van der Waals surface area contributed by atoms with Gasteiger partial charge in [-0.2, -0.15) is 5.10 Å². The second-order valence-electron chi connectivity index (χ2n) is 9.49. The molecule has 39 heavy (non-hydrogen) atoms. The third kappa shape index (κ3) is 4.35. The van der Waals surface area contributed by atoms with Crippen LogP contribution in [-0.4, -0.2) is 59.4 Å². The molecule has 0 aliphatic carbocycles. The van der Waals surface area contributed by atoms with Gasteiger partial charge in [0.25, 0.3) is 0 Å². The maximum absolute atomic E-state index is 14.1. The molecule has 1 N–H and O–H groups in total. The van der Waals surface area contributed by atoms with Crippen molar-refractivity contribution in [1.29, 1.82) is 0 Å². The number of aromatic nitrogens is 3. The van der Waals surface area contributed by atoms with Crippen LogP contribution < -0.4 is 9.04 Å². The molecule has 3 heterocycles. The monoisotopic (exact) mass is 544 g/mol. The minimum atomic E-state index is -3.78. The number of ether oxygens (including phenoxy) is 2. The van der Waals surface area contributed by atoms with Gasteiger partial charge in [-0.1, -0.05) is 24.3 Å².